The van der Waals surface area contributed by atoms with Crippen LogP contribution in [-0.4, -0.2) is 19.4 Å². The van der Waals surface area contributed by atoms with Crippen molar-refractivity contribution in [1.82, 2.24) is 0 Å². The van der Waals surface area contributed by atoms with Crippen molar-refractivity contribution in [3.8, 4) is 0 Å². The van der Waals surface area contributed by atoms with Gasteiger partial charge in [0.15, 0.2) is 9.84 Å². The van der Waals surface area contributed by atoms with E-state index in [0.29, 0.717) is 5.75 Å². The Morgan fingerprint density at radius 1 is 1.14 bits per heavy atom. The molecule has 0 saturated carbocycles. The molecule has 0 rings (SSSR count). The molecule has 0 heterocycles. The van der Waals surface area contributed by atoms with Crippen molar-refractivity contribution >= 4 is 9.84 Å². The van der Waals surface area contributed by atoms with Crippen LogP contribution in [-0.2, 0) is 9.84 Å². The highest BCUT2D eigenvalue weighted by atomic mass is 32.2. The molecule has 0 N–H and O–H groups in total. The summed E-state index contributed by atoms with van der Waals surface area (Å²) in [5.41, 5.74) is 2.62. The van der Waals surface area contributed by atoms with Crippen LogP contribution in [0.5, 0.6) is 0 Å². The van der Waals surface area contributed by atoms with Gasteiger partial charge in [0, 0.05) is 0 Å². The van der Waals surface area contributed by atoms with Gasteiger partial charge in [-0.15, -0.1) is 0 Å². The SMILES string of the molecule is CCCCCS(=O)(=O)C(C)C=CC=C(C)CCC=C(C)C. The van der Waals surface area contributed by atoms with Gasteiger partial charge in [-0.3, -0.25) is 0 Å². The Labute approximate surface area is 131 Å². The van der Waals surface area contributed by atoms with Gasteiger partial charge in [0.05, 0.1) is 11.0 Å². The second-order valence-electron chi connectivity index (χ2n) is 6.00. The Kier molecular flexibility index (Phi) is 10.4. The van der Waals surface area contributed by atoms with Crippen LogP contribution in [0.3, 0.4) is 0 Å². The lowest BCUT2D eigenvalue weighted by molar-refractivity contribution is 0.586. The smallest absolute Gasteiger partial charge is 0.156 e. The molecular weight excluding hydrogens is 280 g/mol. The van der Waals surface area contributed by atoms with Crippen LogP contribution in [0.15, 0.2) is 35.5 Å². The second-order valence-corrected chi connectivity index (χ2v) is 8.47. The van der Waals surface area contributed by atoms with Gasteiger partial charge < -0.3 is 0 Å². The van der Waals surface area contributed by atoms with Gasteiger partial charge >= 0.3 is 0 Å². The minimum absolute atomic E-state index is 0.301. The molecule has 0 aliphatic rings. The summed E-state index contributed by atoms with van der Waals surface area (Å²) >= 11 is 0. The lowest BCUT2D eigenvalue weighted by Gasteiger charge is -2.08. The summed E-state index contributed by atoms with van der Waals surface area (Å²) in [6.45, 7) is 10.1. The molecule has 0 bridgehead atoms. The van der Waals surface area contributed by atoms with Crippen LogP contribution < -0.4 is 0 Å². The highest BCUT2D eigenvalue weighted by Crippen LogP contribution is 2.10. The van der Waals surface area contributed by atoms with Gasteiger partial charge in [0.1, 0.15) is 0 Å². The van der Waals surface area contributed by atoms with Crippen LogP contribution in [0.4, 0.5) is 0 Å². The summed E-state index contributed by atoms with van der Waals surface area (Å²) in [6, 6.07) is 0. The van der Waals surface area contributed by atoms with E-state index in [-0.39, 0.29) is 0 Å². The number of unbranched alkanes of at least 4 members (excludes halogenated alkanes) is 2. The molecule has 0 aromatic heterocycles. The first-order valence-corrected chi connectivity index (χ1v) is 9.70. The van der Waals surface area contributed by atoms with Crippen molar-refractivity contribution in [2.24, 2.45) is 0 Å². The van der Waals surface area contributed by atoms with E-state index >= 15 is 0 Å². The quantitative estimate of drug-likeness (QED) is 0.314. The Morgan fingerprint density at radius 2 is 1.81 bits per heavy atom. The largest absolute Gasteiger partial charge is 0.228 e. The zero-order chi connectivity index (χ0) is 16.3. The van der Waals surface area contributed by atoms with Gasteiger partial charge in [-0.25, -0.2) is 8.42 Å². The van der Waals surface area contributed by atoms with Gasteiger partial charge in [-0.05, 0) is 47.0 Å². The van der Waals surface area contributed by atoms with Crippen LogP contribution in [0.25, 0.3) is 0 Å². The molecule has 0 aromatic rings. The fourth-order valence-electron chi connectivity index (χ4n) is 1.91. The first-order chi connectivity index (χ1) is 9.79. The zero-order valence-corrected chi connectivity index (χ0v) is 15.2. The third kappa shape index (κ3) is 10.5. The summed E-state index contributed by atoms with van der Waals surface area (Å²) in [6.07, 6.45) is 12.8. The predicted octanol–water partition coefficient (Wildman–Crippen LogP) is 5.23. The third-order valence-corrected chi connectivity index (χ3v) is 5.60. The van der Waals surface area contributed by atoms with Gasteiger partial charge in [-0.2, -0.15) is 0 Å². The first kappa shape index (κ1) is 20.2. The maximum Gasteiger partial charge on any atom is 0.156 e. The van der Waals surface area contributed by atoms with Crippen molar-refractivity contribution in [2.45, 2.75) is 72.0 Å². The predicted molar refractivity (Wildman–Crippen MR) is 94.3 cm³/mol. The molecule has 0 aromatic carbocycles. The molecule has 0 radical (unpaired) electrons. The number of sulfone groups is 1. The van der Waals surface area contributed by atoms with Crippen LogP contribution in [0, 0.1) is 0 Å². The van der Waals surface area contributed by atoms with Crippen molar-refractivity contribution in [3.63, 3.8) is 0 Å². The highest BCUT2D eigenvalue weighted by molar-refractivity contribution is 7.92. The monoisotopic (exact) mass is 312 g/mol. The molecule has 3 heteroatoms. The van der Waals surface area contributed by atoms with Gasteiger partial charge in [-0.1, -0.05) is 55.2 Å². The average Bonchev–Trinajstić information content (AvgIpc) is 2.38. The maximum atomic E-state index is 12.0. The van der Waals surface area contributed by atoms with Gasteiger partial charge in [0.25, 0.3) is 0 Å². The van der Waals surface area contributed by atoms with E-state index in [1.54, 1.807) is 13.0 Å². The molecule has 0 amide bonds. The van der Waals surface area contributed by atoms with E-state index < -0.39 is 15.1 Å². The van der Waals surface area contributed by atoms with E-state index in [0.717, 1.165) is 32.1 Å². The van der Waals surface area contributed by atoms with E-state index in [1.807, 2.05) is 12.2 Å². The van der Waals surface area contributed by atoms with E-state index in [9.17, 15) is 8.42 Å². The second kappa shape index (κ2) is 10.8. The minimum atomic E-state index is -2.98. The molecule has 122 valence electrons. The normalized spacial score (nSPS) is 14.4. The van der Waals surface area contributed by atoms with Gasteiger partial charge in [0.2, 0.25) is 0 Å². The molecule has 0 fully saturated rings. The van der Waals surface area contributed by atoms with Crippen molar-refractivity contribution in [3.05, 3.63) is 35.5 Å². The van der Waals surface area contributed by atoms with Crippen LogP contribution in [0.2, 0.25) is 0 Å². The number of hydrogen-bond acceptors (Lipinski definition) is 2. The Hall–Kier alpha value is -0.830. The summed E-state index contributed by atoms with van der Waals surface area (Å²) in [7, 11) is -2.98. The Morgan fingerprint density at radius 3 is 2.38 bits per heavy atom. The number of allylic oxidation sites excluding steroid dienone is 5. The van der Waals surface area contributed by atoms with Crippen molar-refractivity contribution in [1.29, 1.82) is 0 Å². The summed E-state index contributed by atoms with van der Waals surface area (Å²) < 4.78 is 24.1. The molecule has 1 atom stereocenters. The molecule has 0 aliphatic carbocycles. The average molecular weight is 313 g/mol. The first-order valence-electron chi connectivity index (χ1n) is 7.98. The topological polar surface area (TPSA) is 34.1 Å². The summed E-state index contributed by atoms with van der Waals surface area (Å²) in [5.74, 6) is 0.301. The molecule has 1 unspecified atom stereocenters. The maximum absolute atomic E-state index is 12.0. The van der Waals surface area contributed by atoms with Crippen LogP contribution >= 0.6 is 0 Å². The molecule has 2 nitrogen and oxygen atoms in total. The number of hydrogen-bond donors (Lipinski definition) is 0. The molecular formula is C18H32O2S. The molecule has 21 heavy (non-hydrogen) atoms. The van der Waals surface area contributed by atoms with E-state index in [4.69, 9.17) is 0 Å². The zero-order valence-electron chi connectivity index (χ0n) is 14.4. The van der Waals surface area contributed by atoms with E-state index in [2.05, 4.69) is 33.8 Å². The van der Waals surface area contributed by atoms with Crippen molar-refractivity contribution < 1.29 is 8.42 Å². The third-order valence-electron chi connectivity index (χ3n) is 3.45. The lowest BCUT2D eigenvalue weighted by Crippen LogP contribution is -2.18. The Bertz CT molecular complexity index is 463. The molecule has 0 saturated heterocycles. The lowest BCUT2D eigenvalue weighted by atomic mass is 10.1. The minimum Gasteiger partial charge on any atom is -0.228 e. The molecule has 0 aliphatic heterocycles. The number of rotatable bonds is 10. The summed E-state index contributed by atoms with van der Waals surface area (Å²) in [5, 5.41) is -0.392. The van der Waals surface area contributed by atoms with Crippen molar-refractivity contribution in [2.75, 3.05) is 5.75 Å². The summed E-state index contributed by atoms with van der Waals surface area (Å²) in [4.78, 5) is 0. The molecule has 0 spiro atoms. The standard InChI is InChI=1S/C18H32O2S/c1-6-7-8-15-21(19,20)18(5)14-10-13-17(4)12-9-11-16(2)3/h10-11,13-14,18H,6-9,12,15H2,1-5H3. The fraction of sp³-hybridized carbons (Fsp3) is 0.667. The van der Waals surface area contributed by atoms with Crippen LogP contribution in [0.1, 0.15) is 66.7 Å². The highest BCUT2D eigenvalue weighted by Gasteiger charge is 2.16. The Balaban J connectivity index is 4.35. The fourth-order valence-corrected chi connectivity index (χ4v) is 3.22. The van der Waals surface area contributed by atoms with E-state index in [1.165, 1.54) is 11.1 Å².